The standard InChI is InChI=1S/C15H25NO/c1-12(2)17-11-10-14(16)15(3,4)13-8-6-5-7-9-13/h5-9,12,14H,10-11,16H2,1-4H3. The van der Waals surface area contributed by atoms with Crippen LogP contribution in [-0.2, 0) is 10.2 Å². The maximum Gasteiger partial charge on any atom is 0.0518 e. The average Bonchev–Trinajstić information content (AvgIpc) is 2.29. The number of nitrogens with two attached hydrogens (primary N) is 1. The lowest BCUT2D eigenvalue weighted by atomic mass is 9.77. The molecule has 0 amide bonds. The minimum Gasteiger partial charge on any atom is -0.379 e. The topological polar surface area (TPSA) is 35.2 Å². The fourth-order valence-electron chi connectivity index (χ4n) is 1.87. The van der Waals surface area contributed by atoms with E-state index in [0.717, 1.165) is 13.0 Å². The molecule has 1 atom stereocenters. The smallest absolute Gasteiger partial charge is 0.0518 e. The second-order valence-corrected chi connectivity index (χ2v) is 5.40. The summed E-state index contributed by atoms with van der Waals surface area (Å²) in [5.74, 6) is 0. The number of benzene rings is 1. The number of rotatable bonds is 6. The van der Waals surface area contributed by atoms with Crippen molar-refractivity contribution in [3.05, 3.63) is 35.9 Å². The van der Waals surface area contributed by atoms with Crippen molar-refractivity contribution in [1.29, 1.82) is 0 Å². The van der Waals surface area contributed by atoms with E-state index >= 15 is 0 Å². The Balaban J connectivity index is 2.58. The van der Waals surface area contributed by atoms with Crippen LogP contribution in [0.3, 0.4) is 0 Å². The molecule has 17 heavy (non-hydrogen) atoms. The molecule has 0 heterocycles. The Morgan fingerprint density at radius 2 is 1.76 bits per heavy atom. The summed E-state index contributed by atoms with van der Waals surface area (Å²) in [6.45, 7) is 9.22. The average molecular weight is 235 g/mol. The van der Waals surface area contributed by atoms with Gasteiger partial charge in [-0.1, -0.05) is 44.2 Å². The van der Waals surface area contributed by atoms with Gasteiger partial charge in [-0.05, 0) is 25.8 Å². The van der Waals surface area contributed by atoms with Gasteiger partial charge in [0.05, 0.1) is 6.10 Å². The summed E-state index contributed by atoms with van der Waals surface area (Å²) in [7, 11) is 0. The van der Waals surface area contributed by atoms with E-state index in [2.05, 4.69) is 38.1 Å². The zero-order valence-electron chi connectivity index (χ0n) is 11.4. The highest BCUT2D eigenvalue weighted by atomic mass is 16.5. The molecule has 0 aliphatic rings. The van der Waals surface area contributed by atoms with Gasteiger partial charge in [-0.15, -0.1) is 0 Å². The Bertz CT molecular complexity index is 319. The molecule has 2 nitrogen and oxygen atoms in total. The third kappa shape index (κ3) is 4.14. The minimum absolute atomic E-state index is 0.0123. The van der Waals surface area contributed by atoms with Crippen molar-refractivity contribution < 1.29 is 4.74 Å². The monoisotopic (exact) mass is 235 g/mol. The molecule has 0 bridgehead atoms. The molecule has 1 aromatic rings. The SMILES string of the molecule is CC(C)OCCC(N)C(C)(C)c1ccccc1. The van der Waals surface area contributed by atoms with Crippen molar-refractivity contribution >= 4 is 0 Å². The van der Waals surface area contributed by atoms with E-state index in [1.54, 1.807) is 0 Å². The van der Waals surface area contributed by atoms with Gasteiger partial charge in [0.1, 0.15) is 0 Å². The summed E-state index contributed by atoms with van der Waals surface area (Å²) >= 11 is 0. The minimum atomic E-state index is -0.0123. The number of hydrogen-bond donors (Lipinski definition) is 1. The first-order chi connectivity index (χ1) is 7.94. The van der Waals surface area contributed by atoms with Crippen LogP contribution in [0, 0.1) is 0 Å². The van der Waals surface area contributed by atoms with Crippen LogP contribution in [0.25, 0.3) is 0 Å². The molecular weight excluding hydrogens is 210 g/mol. The van der Waals surface area contributed by atoms with E-state index < -0.39 is 0 Å². The maximum absolute atomic E-state index is 6.29. The van der Waals surface area contributed by atoms with E-state index in [9.17, 15) is 0 Å². The van der Waals surface area contributed by atoms with Crippen molar-refractivity contribution in [1.82, 2.24) is 0 Å². The summed E-state index contributed by atoms with van der Waals surface area (Å²) in [4.78, 5) is 0. The summed E-state index contributed by atoms with van der Waals surface area (Å²) < 4.78 is 5.56. The molecular formula is C15H25NO. The molecule has 0 spiro atoms. The van der Waals surface area contributed by atoms with Crippen molar-refractivity contribution in [2.24, 2.45) is 5.73 Å². The third-order valence-corrected chi connectivity index (χ3v) is 3.32. The van der Waals surface area contributed by atoms with Gasteiger partial charge >= 0.3 is 0 Å². The van der Waals surface area contributed by atoms with E-state index in [4.69, 9.17) is 10.5 Å². The first kappa shape index (κ1) is 14.2. The van der Waals surface area contributed by atoms with Gasteiger partial charge in [-0.25, -0.2) is 0 Å². The van der Waals surface area contributed by atoms with Gasteiger partial charge in [0.2, 0.25) is 0 Å². The molecule has 0 radical (unpaired) electrons. The molecule has 0 saturated carbocycles. The Labute approximate surface area is 105 Å². The largest absolute Gasteiger partial charge is 0.379 e. The highest BCUT2D eigenvalue weighted by Gasteiger charge is 2.27. The van der Waals surface area contributed by atoms with Gasteiger partial charge < -0.3 is 10.5 Å². The van der Waals surface area contributed by atoms with Crippen molar-refractivity contribution in [3.8, 4) is 0 Å². The summed E-state index contributed by atoms with van der Waals surface area (Å²) in [5.41, 5.74) is 7.57. The lowest BCUT2D eigenvalue weighted by molar-refractivity contribution is 0.0696. The van der Waals surface area contributed by atoms with Crippen LogP contribution < -0.4 is 5.73 Å². The highest BCUT2D eigenvalue weighted by Crippen LogP contribution is 2.27. The fraction of sp³-hybridized carbons (Fsp3) is 0.600. The van der Waals surface area contributed by atoms with Crippen LogP contribution in [0.4, 0.5) is 0 Å². The molecule has 2 N–H and O–H groups in total. The predicted octanol–water partition coefficient (Wildman–Crippen LogP) is 3.11. The molecule has 0 fully saturated rings. The summed E-state index contributed by atoms with van der Waals surface area (Å²) in [6.07, 6.45) is 1.17. The highest BCUT2D eigenvalue weighted by molar-refractivity contribution is 5.25. The van der Waals surface area contributed by atoms with E-state index in [-0.39, 0.29) is 17.6 Å². The van der Waals surface area contributed by atoms with E-state index in [0.29, 0.717) is 0 Å². The molecule has 2 heteroatoms. The van der Waals surface area contributed by atoms with Gasteiger partial charge in [-0.3, -0.25) is 0 Å². The Morgan fingerprint density at radius 1 is 1.18 bits per heavy atom. The number of hydrogen-bond acceptors (Lipinski definition) is 2. The number of ether oxygens (including phenoxy) is 1. The molecule has 0 saturated heterocycles. The van der Waals surface area contributed by atoms with Gasteiger partial charge in [0.25, 0.3) is 0 Å². The molecule has 0 aromatic heterocycles. The van der Waals surface area contributed by atoms with Crippen LogP contribution in [0.2, 0.25) is 0 Å². The normalized spacial score (nSPS) is 14.0. The predicted molar refractivity (Wildman–Crippen MR) is 73.1 cm³/mol. The van der Waals surface area contributed by atoms with Crippen molar-refractivity contribution in [2.75, 3.05) is 6.61 Å². The Hall–Kier alpha value is -0.860. The lowest BCUT2D eigenvalue weighted by Crippen LogP contribution is -2.41. The van der Waals surface area contributed by atoms with Crippen LogP contribution in [-0.4, -0.2) is 18.8 Å². The van der Waals surface area contributed by atoms with Crippen LogP contribution in [0.15, 0.2) is 30.3 Å². The zero-order valence-corrected chi connectivity index (χ0v) is 11.4. The van der Waals surface area contributed by atoms with E-state index in [1.807, 2.05) is 19.9 Å². The molecule has 96 valence electrons. The Morgan fingerprint density at radius 3 is 2.29 bits per heavy atom. The summed E-state index contributed by atoms with van der Waals surface area (Å²) in [6, 6.07) is 10.6. The quantitative estimate of drug-likeness (QED) is 0.822. The second kappa shape index (κ2) is 6.18. The molecule has 0 aliphatic heterocycles. The first-order valence-corrected chi connectivity index (χ1v) is 6.37. The maximum atomic E-state index is 6.29. The second-order valence-electron chi connectivity index (χ2n) is 5.40. The van der Waals surface area contributed by atoms with Crippen molar-refractivity contribution in [2.45, 2.75) is 51.7 Å². The summed E-state index contributed by atoms with van der Waals surface area (Å²) in [5, 5.41) is 0. The fourth-order valence-corrected chi connectivity index (χ4v) is 1.87. The zero-order chi connectivity index (χ0) is 12.9. The van der Waals surface area contributed by atoms with Gasteiger partial charge in [0, 0.05) is 18.1 Å². The van der Waals surface area contributed by atoms with Crippen molar-refractivity contribution in [3.63, 3.8) is 0 Å². The van der Waals surface area contributed by atoms with Crippen LogP contribution in [0.1, 0.15) is 39.7 Å². The Kier molecular flexibility index (Phi) is 5.16. The molecule has 1 rings (SSSR count). The van der Waals surface area contributed by atoms with Crippen LogP contribution in [0.5, 0.6) is 0 Å². The van der Waals surface area contributed by atoms with Gasteiger partial charge in [0.15, 0.2) is 0 Å². The van der Waals surface area contributed by atoms with Crippen LogP contribution >= 0.6 is 0 Å². The lowest BCUT2D eigenvalue weighted by Gasteiger charge is -2.32. The first-order valence-electron chi connectivity index (χ1n) is 6.37. The van der Waals surface area contributed by atoms with E-state index in [1.165, 1.54) is 5.56 Å². The third-order valence-electron chi connectivity index (χ3n) is 3.32. The van der Waals surface area contributed by atoms with Gasteiger partial charge in [-0.2, -0.15) is 0 Å². The molecule has 0 aliphatic carbocycles. The molecule has 1 aromatic carbocycles. The molecule has 1 unspecified atom stereocenters.